The molecule has 0 amide bonds. The summed E-state index contributed by atoms with van der Waals surface area (Å²) >= 11 is 0. The first-order valence-corrected chi connectivity index (χ1v) is 6.02. The van der Waals surface area contributed by atoms with Crippen molar-refractivity contribution in [2.24, 2.45) is 5.92 Å². The fourth-order valence-corrected chi connectivity index (χ4v) is 1.90. The average Bonchev–Trinajstić information content (AvgIpc) is 2.25. The summed E-state index contributed by atoms with van der Waals surface area (Å²) < 4.78 is 13.0. The van der Waals surface area contributed by atoms with E-state index in [1.165, 1.54) is 12.1 Å². The number of carboxylic acid groups (broad SMARTS) is 1. The zero-order valence-corrected chi connectivity index (χ0v) is 10.7. The van der Waals surface area contributed by atoms with Crippen molar-refractivity contribution < 1.29 is 19.4 Å². The molecule has 100 valence electrons. The molecule has 0 saturated heterocycles. The Labute approximate surface area is 106 Å². The van der Waals surface area contributed by atoms with Crippen molar-refractivity contribution in [2.45, 2.75) is 38.7 Å². The third-order valence-electron chi connectivity index (χ3n) is 3.27. The zero-order valence-electron chi connectivity index (χ0n) is 10.7. The summed E-state index contributed by atoms with van der Waals surface area (Å²) in [5.74, 6) is -1.51. The van der Waals surface area contributed by atoms with Gasteiger partial charge in [-0.2, -0.15) is 0 Å². The highest BCUT2D eigenvalue weighted by Crippen LogP contribution is 2.27. The van der Waals surface area contributed by atoms with Gasteiger partial charge in [0, 0.05) is 0 Å². The summed E-state index contributed by atoms with van der Waals surface area (Å²) in [5.41, 5.74) is -0.488. The Morgan fingerprint density at radius 2 is 2.11 bits per heavy atom. The SMILES string of the molecule is CC(C)[C@](O)(CCc1cccc(F)c1)CC(=O)O. The van der Waals surface area contributed by atoms with Gasteiger partial charge in [0.15, 0.2) is 0 Å². The lowest BCUT2D eigenvalue weighted by Crippen LogP contribution is -2.38. The third-order valence-corrected chi connectivity index (χ3v) is 3.27. The Hall–Kier alpha value is -1.42. The lowest BCUT2D eigenvalue weighted by molar-refractivity contribution is -0.145. The Kier molecular flexibility index (Phi) is 4.84. The van der Waals surface area contributed by atoms with Gasteiger partial charge in [0.2, 0.25) is 0 Å². The number of aliphatic hydroxyl groups is 1. The van der Waals surface area contributed by atoms with Crippen molar-refractivity contribution in [1.29, 1.82) is 0 Å². The van der Waals surface area contributed by atoms with E-state index in [2.05, 4.69) is 0 Å². The van der Waals surface area contributed by atoms with Crippen LogP contribution in [0.5, 0.6) is 0 Å². The highest BCUT2D eigenvalue weighted by molar-refractivity contribution is 5.68. The van der Waals surface area contributed by atoms with E-state index in [0.717, 1.165) is 5.56 Å². The minimum atomic E-state index is -1.25. The highest BCUT2D eigenvalue weighted by Gasteiger charge is 2.33. The maximum Gasteiger partial charge on any atom is 0.306 e. The number of carboxylic acids is 1. The van der Waals surface area contributed by atoms with Crippen LogP contribution in [0.15, 0.2) is 24.3 Å². The molecule has 0 unspecified atom stereocenters. The Balaban J connectivity index is 2.71. The normalized spacial score (nSPS) is 14.5. The topological polar surface area (TPSA) is 57.5 Å². The number of hydrogen-bond donors (Lipinski definition) is 2. The van der Waals surface area contributed by atoms with Gasteiger partial charge in [-0.1, -0.05) is 26.0 Å². The van der Waals surface area contributed by atoms with Gasteiger partial charge in [-0.3, -0.25) is 4.79 Å². The number of aryl methyl sites for hydroxylation is 1. The molecular formula is C14H19FO3. The summed E-state index contributed by atoms with van der Waals surface area (Å²) in [4.78, 5) is 10.8. The minimum Gasteiger partial charge on any atom is -0.481 e. The molecule has 1 atom stereocenters. The van der Waals surface area contributed by atoms with Gasteiger partial charge in [-0.25, -0.2) is 4.39 Å². The van der Waals surface area contributed by atoms with E-state index in [1.807, 2.05) is 0 Å². The van der Waals surface area contributed by atoms with Gasteiger partial charge in [0.1, 0.15) is 5.82 Å². The van der Waals surface area contributed by atoms with E-state index in [-0.39, 0.29) is 18.2 Å². The van der Waals surface area contributed by atoms with Crippen LogP contribution in [-0.2, 0) is 11.2 Å². The van der Waals surface area contributed by atoms with Crippen LogP contribution in [0.3, 0.4) is 0 Å². The monoisotopic (exact) mass is 254 g/mol. The van der Waals surface area contributed by atoms with Crippen LogP contribution in [0.1, 0.15) is 32.3 Å². The van der Waals surface area contributed by atoms with Gasteiger partial charge in [0.25, 0.3) is 0 Å². The van der Waals surface area contributed by atoms with Crippen LogP contribution in [0, 0.1) is 11.7 Å². The number of rotatable bonds is 6. The second-order valence-electron chi connectivity index (χ2n) is 4.96. The van der Waals surface area contributed by atoms with Crippen LogP contribution in [0.4, 0.5) is 4.39 Å². The Bertz CT molecular complexity index is 417. The molecule has 0 spiro atoms. The fraction of sp³-hybridized carbons (Fsp3) is 0.500. The van der Waals surface area contributed by atoms with E-state index < -0.39 is 11.6 Å². The quantitative estimate of drug-likeness (QED) is 0.820. The predicted molar refractivity (Wildman–Crippen MR) is 66.8 cm³/mol. The van der Waals surface area contributed by atoms with E-state index >= 15 is 0 Å². The van der Waals surface area contributed by atoms with Crippen LogP contribution in [0.2, 0.25) is 0 Å². The Morgan fingerprint density at radius 3 is 2.61 bits per heavy atom. The second kappa shape index (κ2) is 5.96. The van der Waals surface area contributed by atoms with Gasteiger partial charge < -0.3 is 10.2 Å². The fourth-order valence-electron chi connectivity index (χ4n) is 1.90. The molecule has 1 aromatic rings. The first-order chi connectivity index (χ1) is 8.33. The number of hydrogen-bond acceptors (Lipinski definition) is 2. The van der Waals surface area contributed by atoms with E-state index in [9.17, 15) is 14.3 Å². The van der Waals surface area contributed by atoms with Crippen molar-refractivity contribution in [2.75, 3.05) is 0 Å². The molecule has 4 heteroatoms. The van der Waals surface area contributed by atoms with Gasteiger partial charge in [-0.15, -0.1) is 0 Å². The number of carbonyl (C=O) groups is 1. The second-order valence-corrected chi connectivity index (χ2v) is 4.96. The molecule has 3 nitrogen and oxygen atoms in total. The summed E-state index contributed by atoms with van der Waals surface area (Å²) in [7, 11) is 0. The third kappa shape index (κ3) is 4.11. The van der Waals surface area contributed by atoms with E-state index in [1.54, 1.807) is 26.0 Å². The smallest absolute Gasteiger partial charge is 0.306 e. The molecule has 0 aliphatic heterocycles. The van der Waals surface area contributed by atoms with Crippen molar-refractivity contribution in [3.8, 4) is 0 Å². The standard InChI is InChI=1S/C14H19FO3/c1-10(2)14(18,9-13(16)17)7-6-11-4-3-5-12(15)8-11/h3-5,8,10,18H,6-7,9H2,1-2H3,(H,16,17)/t14-/m0/s1. The molecule has 0 radical (unpaired) electrons. The summed E-state index contributed by atoms with van der Waals surface area (Å²) in [6.07, 6.45) is 0.472. The number of halogens is 1. The van der Waals surface area contributed by atoms with Crippen LogP contribution >= 0.6 is 0 Å². The maximum absolute atomic E-state index is 13.0. The van der Waals surface area contributed by atoms with Crippen molar-refractivity contribution in [3.05, 3.63) is 35.6 Å². The van der Waals surface area contributed by atoms with E-state index in [0.29, 0.717) is 12.8 Å². The average molecular weight is 254 g/mol. The molecule has 1 rings (SSSR count). The molecule has 18 heavy (non-hydrogen) atoms. The lowest BCUT2D eigenvalue weighted by atomic mass is 9.82. The zero-order chi connectivity index (χ0) is 13.8. The molecule has 2 N–H and O–H groups in total. The minimum absolute atomic E-state index is 0.165. The Morgan fingerprint density at radius 1 is 1.44 bits per heavy atom. The van der Waals surface area contributed by atoms with Gasteiger partial charge in [-0.05, 0) is 36.5 Å². The molecule has 1 aromatic carbocycles. The van der Waals surface area contributed by atoms with E-state index in [4.69, 9.17) is 5.11 Å². The highest BCUT2D eigenvalue weighted by atomic mass is 19.1. The lowest BCUT2D eigenvalue weighted by Gasteiger charge is -2.30. The molecule has 0 bridgehead atoms. The van der Waals surface area contributed by atoms with Crippen molar-refractivity contribution >= 4 is 5.97 Å². The first kappa shape index (κ1) is 14.6. The van der Waals surface area contributed by atoms with Crippen LogP contribution < -0.4 is 0 Å². The van der Waals surface area contributed by atoms with Crippen LogP contribution in [-0.4, -0.2) is 21.8 Å². The molecule has 0 aliphatic carbocycles. The van der Waals surface area contributed by atoms with Gasteiger partial charge >= 0.3 is 5.97 Å². The molecule has 0 aliphatic rings. The maximum atomic E-state index is 13.0. The van der Waals surface area contributed by atoms with Crippen molar-refractivity contribution in [1.82, 2.24) is 0 Å². The molecule has 0 fully saturated rings. The summed E-state index contributed by atoms with van der Waals surface area (Å²) in [6, 6.07) is 6.14. The summed E-state index contributed by atoms with van der Waals surface area (Å²) in [6.45, 7) is 3.57. The predicted octanol–water partition coefficient (Wildman–Crippen LogP) is 2.62. The van der Waals surface area contributed by atoms with Gasteiger partial charge in [0.05, 0.1) is 12.0 Å². The largest absolute Gasteiger partial charge is 0.481 e. The number of benzene rings is 1. The first-order valence-electron chi connectivity index (χ1n) is 6.02. The van der Waals surface area contributed by atoms with Crippen LogP contribution in [0.25, 0.3) is 0 Å². The number of aliphatic carboxylic acids is 1. The van der Waals surface area contributed by atoms with Crippen molar-refractivity contribution in [3.63, 3.8) is 0 Å². The molecular weight excluding hydrogens is 235 g/mol. The molecule has 0 saturated carbocycles. The summed E-state index contributed by atoms with van der Waals surface area (Å²) in [5, 5.41) is 19.1. The molecule has 0 aromatic heterocycles. The molecule has 0 heterocycles.